The van der Waals surface area contributed by atoms with E-state index < -0.39 is 0 Å². The van der Waals surface area contributed by atoms with E-state index in [0.717, 1.165) is 30.8 Å². The largest absolute Gasteiger partial charge is 0.341 e. The Balaban J connectivity index is 1.41. The average molecular weight is 222 g/mol. The second-order valence-electron chi connectivity index (χ2n) is 6.25. The molecular weight excluding hydrogens is 200 g/mol. The van der Waals surface area contributed by atoms with Gasteiger partial charge in [0.05, 0.1) is 0 Å². The van der Waals surface area contributed by atoms with Crippen molar-refractivity contribution >= 4 is 5.91 Å². The number of hydrogen-bond acceptors (Lipinski definition) is 2. The van der Waals surface area contributed by atoms with E-state index in [1.165, 1.54) is 19.3 Å². The third-order valence-electron chi connectivity index (χ3n) is 4.09. The van der Waals surface area contributed by atoms with E-state index in [2.05, 4.69) is 19.2 Å². The molecule has 0 aromatic heterocycles. The lowest BCUT2D eigenvalue weighted by molar-refractivity contribution is -0.137. The van der Waals surface area contributed by atoms with E-state index in [4.69, 9.17) is 0 Å². The molecule has 3 rings (SSSR count). The molecule has 0 bridgehead atoms. The summed E-state index contributed by atoms with van der Waals surface area (Å²) in [6.07, 6.45) is 3.93. The number of carbonyl (C=O) groups excluding carboxylic acids is 1. The third kappa shape index (κ3) is 1.97. The van der Waals surface area contributed by atoms with E-state index in [0.29, 0.717) is 11.9 Å². The molecule has 2 heterocycles. The zero-order valence-corrected chi connectivity index (χ0v) is 10.3. The zero-order chi connectivity index (χ0) is 11.3. The molecule has 0 aromatic carbocycles. The molecule has 3 aliphatic rings. The van der Waals surface area contributed by atoms with Gasteiger partial charge in [-0.15, -0.1) is 0 Å². The van der Waals surface area contributed by atoms with Gasteiger partial charge in [-0.05, 0) is 37.0 Å². The van der Waals surface area contributed by atoms with Crippen LogP contribution in [0.15, 0.2) is 0 Å². The summed E-state index contributed by atoms with van der Waals surface area (Å²) < 4.78 is 0. The van der Waals surface area contributed by atoms with Gasteiger partial charge < -0.3 is 4.90 Å². The van der Waals surface area contributed by atoms with Crippen molar-refractivity contribution in [1.82, 2.24) is 10.2 Å². The molecule has 1 N–H and O–H groups in total. The maximum absolute atomic E-state index is 12.0. The first kappa shape index (κ1) is 10.6. The predicted molar refractivity (Wildman–Crippen MR) is 63.0 cm³/mol. The smallest absolute Gasteiger partial charge is 0.241 e. The molecule has 90 valence electrons. The zero-order valence-electron chi connectivity index (χ0n) is 10.3. The van der Waals surface area contributed by atoms with Gasteiger partial charge in [-0.25, -0.2) is 0 Å². The minimum absolute atomic E-state index is 0.187. The molecule has 0 radical (unpaired) electrons. The van der Waals surface area contributed by atoms with Crippen LogP contribution < -0.4 is 5.32 Å². The molecule has 3 heteroatoms. The Morgan fingerprint density at radius 1 is 1.38 bits per heavy atom. The maximum Gasteiger partial charge on any atom is 0.241 e. The van der Waals surface area contributed by atoms with Crippen LogP contribution in [0.3, 0.4) is 0 Å². The molecule has 3 fully saturated rings. The molecule has 1 amide bonds. The van der Waals surface area contributed by atoms with Crippen molar-refractivity contribution in [3.63, 3.8) is 0 Å². The van der Waals surface area contributed by atoms with Crippen molar-refractivity contribution < 1.29 is 4.79 Å². The average Bonchev–Trinajstić information content (AvgIpc) is 2.98. The van der Waals surface area contributed by atoms with Gasteiger partial charge in [0.15, 0.2) is 0 Å². The Bertz CT molecular complexity index is 292. The second kappa shape index (κ2) is 3.73. The molecule has 0 aromatic rings. The van der Waals surface area contributed by atoms with Crippen LogP contribution >= 0.6 is 0 Å². The summed E-state index contributed by atoms with van der Waals surface area (Å²) in [5.41, 5.74) is 0. The van der Waals surface area contributed by atoms with E-state index in [1.54, 1.807) is 0 Å². The van der Waals surface area contributed by atoms with Gasteiger partial charge in [0, 0.05) is 19.1 Å². The first-order valence-corrected chi connectivity index (χ1v) is 6.70. The van der Waals surface area contributed by atoms with Crippen LogP contribution in [-0.2, 0) is 4.79 Å². The first-order valence-electron chi connectivity index (χ1n) is 6.70. The molecule has 2 saturated heterocycles. The molecule has 0 spiro atoms. The molecule has 2 atom stereocenters. The Kier molecular flexibility index (Phi) is 2.46. The van der Waals surface area contributed by atoms with Crippen LogP contribution in [-0.4, -0.2) is 36.0 Å². The molecule has 0 unspecified atom stereocenters. The van der Waals surface area contributed by atoms with Crippen LogP contribution in [0, 0.1) is 17.8 Å². The van der Waals surface area contributed by atoms with Crippen molar-refractivity contribution in [3.05, 3.63) is 0 Å². The van der Waals surface area contributed by atoms with Gasteiger partial charge in [0.25, 0.3) is 0 Å². The van der Waals surface area contributed by atoms with Crippen LogP contribution in [0.5, 0.6) is 0 Å². The summed E-state index contributed by atoms with van der Waals surface area (Å²) in [5.74, 6) is 2.72. The Hall–Kier alpha value is -0.570. The Labute approximate surface area is 97.6 Å². The van der Waals surface area contributed by atoms with Gasteiger partial charge in [-0.1, -0.05) is 13.8 Å². The molecular formula is C13H22N2O. The number of carbonyl (C=O) groups is 1. The Morgan fingerprint density at radius 2 is 2.06 bits per heavy atom. The summed E-state index contributed by atoms with van der Waals surface area (Å²) in [5, 5.41) is 3.34. The van der Waals surface area contributed by atoms with Crippen LogP contribution in [0.25, 0.3) is 0 Å². The quantitative estimate of drug-likeness (QED) is 0.727. The maximum atomic E-state index is 12.0. The number of amides is 1. The number of likely N-dealkylation sites (tertiary alicyclic amines) is 1. The minimum atomic E-state index is 0.187. The van der Waals surface area contributed by atoms with Crippen LogP contribution in [0.1, 0.15) is 33.1 Å². The van der Waals surface area contributed by atoms with Gasteiger partial charge in [-0.3, -0.25) is 10.1 Å². The molecule has 1 saturated carbocycles. The number of hydrogen-bond donors (Lipinski definition) is 1. The lowest BCUT2D eigenvalue weighted by Gasteiger charge is -2.40. The fourth-order valence-corrected chi connectivity index (χ4v) is 3.00. The molecule has 2 aliphatic heterocycles. The Morgan fingerprint density at radius 3 is 2.62 bits per heavy atom. The molecule has 3 nitrogen and oxygen atoms in total. The van der Waals surface area contributed by atoms with Gasteiger partial charge in [-0.2, -0.15) is 0 Å². The van der Waals surface area contributed by atoms with E-state index in [1.807, 2.05) is 4.90 Å². The lowest BCUT2D eigenvalue weighted by Crippen LogP contribution is -2.52. The summed E-state index contributed by atoms with van der Waals surface area (Å²) in [7, 11) is 0. The highest BCUT2D eigenvalue weighted by Gasteiger charge is 2.53. The first-order chi connectivity index (χ1) is 7.65. The third-order valence-corrected chi connectivity index (χ3v) is 4.09. The number of rotatable bonds is 4. The van der Waals surface area contributed by atoms with Crippen molar-refractivity contribution in [2.45, 2.75) is 45.2 Å². The topological polar surface area (TPSA) is 42.2 Å². The van der Waals surface area contributed by atoms with Crippen molar-refractivity contribution in [1.29, 1.82) is 0 Å². The second-order valence-corrected chi connectivity index (χ2v) is 6.25. The van der Waals surface area contributed by atoms with E-state index >= 15 is 0 Å². The monoisotopic (exact) mass is 222 g/mol. The fraction of sp³-hybridized carbons (Fsp3) is 0.923. The summed E-state index contributed by atoms with van der Waals surface area (Å²) in [4.78, 5) is 14.1. The summed E-state index contributed by atoms with van der Waals surface area (Å²) >= 11 is 0. The van der Waals surface area contributed by atoms with Crippen molar-refractivity contribution in [2.75, 3.05) is 13.1 Å². The van der Waals surface area contributed by atoms with E-state index in [-0.39, 0.29) is 6.04 Å². The number of nitrogens with zero attached hydrogens (tertiary/aromatic N) is 1. The normalized spacial score (nSPS) is 34.1. The van der Waals surface area contributed by atoms with Crippen molar-refractivity contribution in [3.8, 4) is 0 Å². The van der Waals surface area contributed by atoms with Gasteiger partial charge in [0.2, 0.25) is 5.91 Å². The highest BCUT2D eigenvalue weighted by Crippen LogP contribution is 2.40. The minimum Gasteiger partial charge on any atom is -0.341 e. The summed E-state index contributed by atoms with van der Waals surface area (Å²) in [6, 6.07) is 0.726. The highest BCUT2D eigenvalue weighted by molar-refractivity contribution is 5.86. The van der Waals surface area contributed by atoms with Crippen molar-refractivity contribution in [2.24, 2.45) is 17.8 Å². The molecule has 1 aliphatic carbocycles. The van der Waals surface area contributed by atoms with Gasteiger partial charge in [0.1, 0.15) is 6.04 Å². The SMILES string of the molecule is CC(C)CC1CN(C(=O)[C@@H]2N[C@H]2C2CC2)C1. The molecule has 16 heavy (non-hydrogen) atoms. The van der Waals surface area contributed by atoms with Crippen LogP contribution in [0.2, 0.25) is 0 Å². The standard InChI is InChI=1S/C13H22N2O/c1-8(2)5-9-6-15(7-9)13(16)12-11(14-12)10-3-4-10/h8-12,14H,3-7H2,1-2H3/t11-,12+/m0/s1. The predicted octanol–water partition coefficient (Wildman–Crippen LogP) is 1.24. The van der Waals surface area contributed by atoms with Gasteiger partial charge >= 0.3 is 0 Å². The summed E-state index contributed by atoms with van der Waals surface area (Å²) in [6.45, 7) is 6.53. The van der Waals surface area contributed by atoms with E-state index in [9.17, 15) is 4.79 Å². The fourth-order valence-electron chi connectivity index (χ4n) is 3.00. The number of nitrogens with one attached hydrogen (secondary N) is 1. The lowest BCUT2D eigenvalue weighted by atomic mass is 9.90. The highest BCUT2D eigenvalue weighted by atomic mass is 16.2. The van der Waals surface area contributed by atoms with Crippen LogP contribution in [0.4, 0.5) is 0 Å².